The minimum atomic E-state index is -4.20. The van der Waals surface area contributed by atoms with Crippen LogP contribution in [0.1, 0.15) is 24.5 Å². The molecule has 0 spiro atoms. The van der Waals surface area contributed by atoms with Crippen LogP contribution in [-0.2, 0) is 32.6 Å². The third-order valence-corrected chi connectivity index (χ3v) is 9.07. The van der Waals surface area contributed by atoms with Gasteiger partial charge in [0.05, 0.1) is 17.7 Å². The van der Waals surface area contributed by atoms with Crippen molar-refractivity contribution in [2.45, 2.75) is 37.2 Å². The molecule has 4 aromatic rings. The summed E-state index contributed by atoms with van der Waals surface area (Å²) in [5.41, 5.74) is 1.90. The summed E-state index contributed by atoms with van der Waals surface area (Å²) in [6, 6.07) is 30.0. The number of carbonyl (C=O) groups excluding carboxylic acids is 2. The Hall–Kier alpha value is -4.34. The molecule has 4 aromatic carbocycles. The van der Waals surface area contributed by atoms with Crippen LogP contribution >= 0.6 is 11.6 Å². The average Bonchev–Trinajstić information content (AvgIpc) is 3.05. The normalized spacial score (nSPS) is 11.8. The minimum absolute atomic E-state index is 0.0144. The molecule has 0 aliphatic carbocycles. The summed E-state index contributed by atoms with van der Waals surface area (Å²) in [4.78, 5) is 29.6. The zero-order chi connectivity index (χ0) is 31.5. The number of anilines is 1. The molecule has 1 atom stereocenters. The fraction of sp³-hybridized carbons (Fsp3) is 0.235. The van der Waals surface area contributed by atoms with E-state index in [4.69, 9.17) is 16.3 Å². The minimum Gasteiger partial charge on any atom is -0.497 e. The molecule has 0 radical (unpaired) electrons. The van der Waals surface area contributed by atoms with Crippen LogP contribution in [0, 0.1) is 0 Å². The molecule has 0 heterocycles. The number of hydrogen-bond donors (Lipinski definition) is 1. The molecule has 2 amide bonds. The van der Waals surface area contributed by atoms with Crippen molar-refractivity contribution in [3.05, 3.63) is 125 Å². The van der Waals surface area contributed by atoms with E-state index in [0.29, 0.717) is 23.0 Å². The highest BCUT2D eigenvalue weighted by Crippen LogP contribution is 2.26. The summed E-state index contributed by atoms with van der Waals surface area (Å²) in [6.45, 7) is 1.90. The van der Waals surface area contributed by atoms with E-state index >= 15 is 0 Å². The molecule has 0 aromatic heterocycles. The molecule has 8 nitrogen and oxygen atoms in total. The molecule has 0 aliphatic rings. The van der Waals surface area contributed by atoms with Crippen LogP contribution in [0.2, 0.25) is 5.02 Å². The highest BCUT2D eigenvalue weighted by atomic mass is 35.5. The standard InChI is InChI=1S/C34H36ClN3O5S/c1-3-21-36-34(40)32(23-26-11-6-4-7-12-26)37(24-27-13-10-16-30(22-27)43-2)33(39)25-38(29-14-8-5-9-15-29)44(41,42)31-19-17-28(35)18-20-31/h4-20,22,32H,3,21,23-25H2,1-2H3,(H,36,40)/t32-/m0/s1. The van der Waals surface area contributed by atoms with E-state index in [-0.39, 0.29) is 23.8 Å². The van der Waals surface area contributed by atoms with Crippen molar-refractivity contribution in [3.63, 3.8) is 0 Å². The second-order valence-corrected chi connectivity index (χ2v) is 12.5. The Morgan fingerprint density at radius 3 is 2.14 bits per heavy atom. The number of para-hydroxylation sites is 1. The summed E-state index contributed by atoms with van der Waals surface area (Å²) < 4.78 is 34.5. The van der Waals surface area contributed by atoms with Crippen molar-refractivity contribution in [3.8, 4) is 5.75 Å². The summed E-state index contributed by atoms with van der Waals surface area (Å²) in [6.07, 6.45) is 0.954. The maximum atomic E-state index is 14.4. The Labute approximate surface area is 264 Å². The molecule has 10 heteroatoms. The lowest BCUT2D eigenvalue weighted by atomic mass is 10.0. The van der Waals surface area contributed by atoms with Gasteiger partial charge in [-0.1, -0.05) is 79.2 Å². The van der Waals surface area contributed by atoms with Crippen LogP contribution < -0.4 is 14.4 Å². The molecular weight excluding hydrogens is 598 g/mol. The summed E-state index contributed by atoms with van der Waals surface area (Å²) >= 11 is 6.03. The Morgan fingerprint density at radius 2 is 1.50 bits per heavy atom. The number of methoxy groups -OCH3 is 1. The molecule has 0 aliphatic heterocycles. The zero-order valence-electron chi connectivity index (χ0n) is 24.7. The molecule has 0 saturated carbocycles. The number of rotatable bonds is 14. The van der Waals surface area contributed by atoms with Crippen LogP contribution in [0.25, 0.3) is 0 Å². The number of hydrogen-bond acceptors (Lipinski definition) is 5. The van der Waals surface area contributed by atoms with E-state index in [9.17, 15) is 18.0 Å². The smallest absolute Gasteiger partial charge is 0.264 e. The number of amides is 2. The van der Waals surface area contributed by atoms with Crippen molar-refractivity contribution in [1.29, 1.82) is 0 Å². The van der Waals surface area contributed by atoms with Gasteiger partial charge < -0.3 is 15.0 Å². The second kappa shape index (κ2) is 15.4. The van der Waals surface area contributed by atoms with Crippen molar-refractivity contribution < 1.29 is 22.7 Å². The quantitative estimate of drug-likeness (QED) is 0.192. The molecule has 0 unspecified atom stereocenters. The van der Waals surface area contributed by atoms with Gasteiger partial charge >= 0.3 is 0 Å². The van der Waals surface area contributed by atoms with Gasteiger partial charge in [-0.15, -0.1) is 0 Å². The predicted octanol–water partition coefficient (Wildman–Crippen LogP) is 5.71. The first kappa shape index (κ1) is 32.6. The molecule has 44 heavy (non-hydrogen) atoms. The van der Waals surface area contributed by atoms with E-state index in [1.165, 1.54) is 29.2 Å². The topological polar surface area (TPSA) is 96.0 Å². The number of halogens is 1. The number of carbonyl (C=O) groups is 2. The van der Waals surface area contributed by atoms with E-state index in [1.54, 1.807) is 55.6 Å². The Kier molecular flexibility index (Phi) is 11.4. The maximum absolute atomic E-state index is 14.4. The van der Waals surface area contributed by atoms with Crippen LogP contribution in [0.15, 0.2) is 114 Å². The van der Waals surface area contributed by atoms with Crippen LogP contribution in [0.4, 0.5) is 5.69 Å². The van der Waals surface area contributed by atoms with Crippen molar-refractivity contribution in [2.75, 3.05) is 24.5 Å². The Balaban J connectivity index is 1.78. The monoisotopic (exact) mass is 633 g/mol. The van der Waals surface area contributed by atoms with Crippen molar-refractivity contribution in [1.82, 2.24) is 10.2 Å². The fourth-order valence-electron chi connectivity index (χ4n) is 4.74. The number of benzene rings is 4. The van der Waals surface area contributed by atoms with Gasteiger partial charge in [0.1, 0.15) is 18.3 Å². The van der Waals surface area contributed by atoms with Crippen LogP contribution in [0.3, 0.4) is 0 Å². The Morgan fingerprint density at radius 1 is 0.864 bits per heavy atom. The second-order valence-electron chi connectivity index (χ2n) is 10.2. The van der Waals surface area contributed by atoms with Crippen molar-refractivity contribution >= 4 is 39.1 Å². The van der Waals surface area contributed by atoms with Gasteiger partial charge in [0, 0.05) is 24.5 Å². The molecule has 1 N–H and O–H groups in total. The van der Waals surface area contributed by atoms with Gasteiger partial charge in [-0.2, -0.15) is 0 Å². The SMILES string of the molecule is CCCNC(=O)[C@H](Cc1ccccc1)N(Cc1cccc(OC)c1)C(=O)CN(c1ccccc1)S(=O)(=O)c1ccc(Cl)cc1. The molecule has 0 bridgehead atoms. The number of nitrogens with one attached hydrogen (secondary N) is 1. The van der Waals surface area contributed by atoms with Gasteiger partial charge in [0.15, 0.2) is 0 Å². The average molecular weight is 634 g/mol. The van der Waals surface area contributed by atoms with Gasteiger partial charge in [0.2, 0.25) is 11.8 Å². The number of sulfonamides is 1. The first-order valence-electron chi connectivity index (χ1n) is 14.3. The molecular formula is C34H36ClN3O5S. The highest BCUT2D eigenvalue weighted by molar-refractivity contribution is 7.92. The summed E-state index contributed by atoms with van der Waals surface area (Å²) in [5.74, 6) is -0.262. The lowest BCUT2D eigenvalue weighted by Gasteiger charge is -2.34. The maximum Gasteiger partial charge on any atom is 0.264 e. The van der Waals surface area contributed by atoms with Crippen LogP contribution in [-0.4, -0.2) is 51.4 Å². The molecule has 230 valence electrons. The first-order valence-corrected chi connectivity index (χ1v) is 16.1. The lowest BCUT2D eigenvalue weighted by Crippen LogP contribution is -2.53. The van der Waals surface area contributed by atoms with E-state index < -0.39 is 28.5 Å². The van der Waals surface area contributed by atoms with Crippen molar-refractivity contribution in [2.24, 2.45) is 0 Å². The highest BCUT2D eigenvalue weighted by Gasteiger charge is 2.34. The summed E-state index contributed by atoms with van der Waals surface area (Å²) in [5, 5.41) is 3.33. The predicted molar refractivity (Wildman–Crippen MR) is 173 cm³/mol. The van der Waals surface area contributed by atoms with Gasteiger partial charge in [0.25, 0.3) is 10.0 Å². The third-order valence-electron chi connectivity index (χ3n) is 7.03. The van der Waals surface area contributed by atoms with Gasteiger partial charge in [-0.25, -0.2) is 8.42 Å². The lowest BCUT2D eigenvalue weighted by molar-refractivity contribution is -0.140. The van der Waals surface area contributed by atoms with Gasteiger partial charge in [-0.3, -0.25) is 13.9 Å². The first-order chi connectivity index (χ1) is 21.2. The van der Waals surface area contributed by atoms with Crippen LogP contribution in [0.5, 0.6) is 5.75 Å². The fourth-order valence-corrected chi connectivity index (χ4v) is 6.28. The van der Waals surface area contributed by atoms with E-state index in [0.717, 1.165) is 21.9 Å². The molecule has 0 saturated heterocycles. The molecule has 4 rings (SSSR count). The van der Waals surface area contributed by atoms with E-state index in [1.807, 2.05) is 43.3 Å². The largest absolute Gasteiger partial charge is 0.497 e. The number of ether oxygens (including phenoxy) is 1. The van der Waals surface area contributed by atoms with E-state index in [2.05, 4.69) is 5.32 Å². The third kappa shape index (κ3) is 8.39. The zero-order valence-corrected chi connectivity index (χ0v) is 26.3. The summed E-state index contributed by atoms with van der Waals surface area (Å²) in [7, 11) is -2.64. The van der Waals surface area contributed by atoms with Gasteiger partial charge in [-0.05, 0) is 66.1 Å². The number of nitrogens with zero attached hydrogens (tertiary/aromatic N) is 2. The molecule has 0 fully saturated rings. The Bertz CT molecular complexity index is 1630.